The Kier molecular flexibility index (Phi) is 5.85. The molecule has 0 spiro atoms. The lowest BCUT2D eigenvalue weighted by Gasteiger charge is -2.44. The van der Waals surface area contributed by atoms with E-state index in [1.54, 1.807) is 13.2 Å². The largest absolute Gasteiger partial charge is 0.495 e. The van der Waals surface area contributed by atoms with E-state index >= 15 is 0 Å². The Bertz CT molecular complexity index is 884. The van der Waals surface area contributed by atoms with Gasteiger partial charge in [0.05, 0.1) is 18.4 Å². The zero-order valence-corrected chi connectivity index (χ0v) is 16.8. The van der Waals surface area contributed by atoms with Crippen LogP contribution in [0.15, 0.2) is 47.4 Å². The van der Waals surface area contributed by atoms with E-state index in [0.29, 0.717) is 11.6 Å². The fourth-order valence-corrected chi connectivity index (χ4v) is 4.38. The molecule has 1 N–H and O–H groups in total. The molecule has 1 atom stereocenters. The number of rotatable bonds is 4. The van der Waals surface area contributed by atoms with Gasteiger partial charge < -0.3 is 19.5 Å². The van der Waals surface area contributed by atoms with Gasteiger partial charge in [0.25, 0.3) is 5.91 Å². The zero-order valence-electron chi connectivity index (χ0n) is 16.8. The van der Waals surface area contributed by atoms with Crippen LogP contribution >= 0.6 is 0 Å². The Balaban J connectivity index is 1.36. The van der Waals surface area contributed by atoms with Crippen molar-refractivity contribution in [2.75, 3.05) is 51.3 Å². The van der Waals surface area contributed by atoms with E-state index in [0.717, 1.165) is 63.5 Å². The molecule has 4 rings (SSSR count). The van der Waals surface area contributed by atoms with Crippen molar-refractivity contribution in [2.45, 2.75) is 18.9 Å². The number of anilines is 1. The average Bonchev–Trinajstić information content (AvgIpc) is 2.79. The first-order valence-corrected chi connectivity index (χ1v) is 10.3. The van der Waals surface area contributed by atoms with Gasteiger partial charge in [-0.25, -0.2) is 0 Å². The first-order chi connectivity index (χ1) is 14.2. The summed E-state index contributed by atoms with van der Waals surface area (Å²) in [4.78, 5) is 33.5. The fraction of sp³-hybridized carbons (Fsp3) is 0.455. The van der Waals surface area contributed by atoms with Gasteiger partial charge in [0.15, 0.2) is 0 Å². The number of ether oxygens (including phenoxy) is 1. The van der Waals surface area contributed by atoms with Crippen LogP contribution in [0, 0.1) is 0 Å². The van der Waals surface area contributed by atoms with Crippen LogP contribution in [0.3, 0.4) is 0 Å². The van der Waals surface area contributed by atoms with Crippen LogP contribution in [0.2, 0.25) is 0 Å². The van der Waals surface area contributed by atoms with E-state index in [1.807, 2.05) is 23.1 Å². The molecule has 154 valence electrons. The number of pyridine rings is 1. The monoisotopic (exact) mass is 396 g/mol. The van der Waals surface area contributed by atoms with Crippen molar-refractivity contribution in [3.05, 3.63) is 58.5 Å². The third-order valence-electron chi connectivity index (χ3n) is 5.97. The van der Waals surface area contributed by atoms with Crippen LogP contribution in [-0.2, 0) is 0 Å². The van der Waals surface area contributed by atoms with Gasteiger partial charge in [0.1, 0.15) is 5.75 Å². The summed E-state index contributed by atoms with van der Waals surface area (Å²) in [6.07, 6.45) is 3.64. The highest BCUT2D eigenvalue weighted by Crippen LogP contribution is 2.29. The average molecular weight is 396 g/mol. The normalized spacial score (nSPS) is 20.5. The lowest BCUT2D eigenvalue weighted by atomic mass is 10.0. The van der Waals surface area contributed by atoms with Crippen LogP contribution in [0.25, 0.3) is 0 Å². The lowest BCUT2D eigenvalue weighted by Crippen LogP contribution is -2.56. The molecule has 1 aromatic carbocycles. The molecule has 7 heteroatoms. The molecule has 0 bridgehead atoms. The number of benzene rings is 1. The van der Waals surface area contributed by atoms with Gasteiger partial charge in [0, 0.05) is 57.6 Å². The van der Waals surface area contributed by atoms with Gasteiger partial charge in [-0.1, -0.05) is 12.1 Å². The smallest absolute Gasteiger partial charge is 0.255 e. The number of carbonyl (C=O) groups excluding carboxylic acids is 1. The highest BCUT2D eigenvalue weighted by Gasteiger charge is 2.30. The maximum atomic E-state index is 12.8. The third-order valence-corrected chi connectivity index (χ3v) is 5.97. The Hall–Kier alpha value is -2.80. The second-order valence-corrected chi connectivity index (χ2v) is 7.68. The number of nitrogens with one attached hydrogen (secondary N) is 1. The molecule has 1 unspecified atom stereocenters. The first-order valence-electron chi connectivity index (χ1n) is 10.3. The molecular formula is C22H28N4O3. The van der Waals surface area contributed by atoms with E-state index < -0.39 is 0 Å². The van der Waals surface area contributed by atoms with Gasteiger partial charge in [-0.2, -0.15) is 0 Å². The lowest BCUT2D eigenvalue weighted by molar-refractivity contribution is 0.0563. The summed E-state index contributed by atoms with van der Waals surface area (Å²) >= 11 is 0. The van der Waals surface area contributed by atoms with Crippen molar-refractivity contribution in [2.24, 2.45) is 0 Å². The summed E-state index contributed by atoms with van der Waals surface area (Å²) in [5, 5.41) is 0. The molecular weight excluding hydrogens is 368 g/mol. The van der Waals surface area contributed by atoms with Crippen LogP contribution < -0.4 is 15.2 Å². The number of hydrogen-bond acceptors (Lipinski definition) is 5. The summed E-state index contributed by atoms with van der Waals surface area (Å²) in [5.74, 6) is 0.912. The molecule has 3 heterocycles. The third kappa shape index (κ3) is 4.29. The van der Waals surface area contributed by atoms with Crippen LogP contribution in [0.1, 0.15) is 23.2 Å². The minimum absolute atomic E-state index is 0.00129. The molecule has 1 aromatic heterocycles. The van der Waals surface area contributed by atoms with E-state index in [1.165, 1.54) is 12.3 Å². The Morgan fingerprint density at radius 1 is 1.07 bits per heavy atom. The summed E-state index contributed by atoms with van der Waals surface area (Å²) in [5.41, 5.74) is 1.50. The van der Waals surface area contributed by atoms with Crippen molar-refractivity contribution >= 4 is 11.6 Å². The second-order valence-electron chi connectivity index (χ2n) is 7.68. The maximum Gasteiger partial charge on any atom is 0.255 e. The minimum atomic E-state index is -0.189. The first kappa shape index (κ1) is 19.5. The number of para-hydroxylation sites is 2. The zero-order chi connectivity index (χ0) is 20.2. The number of likely N-dealkylation sites (tertiary alicyclic amines) is 1. The second kappa shape index (κ2) is 8.69. The van der Waals surface area contributed by atoms with Gasteiger partial charge in [-0.15, -0.1) is 0 Å². The molecule has 1 amide bonds. The molecule has 2 aliphatic rings. The highest BCUT2D eigenvalue weighted by molar-refractivity contribution is 5.93. The van der Waals surface area contributed by atoms with Gasteiger partial charge in [-0.05, 0) is 31.0 Å². The summed E-state index contributed by atoms with van der Waals surface area (Å²) in [6.45, 7) is 5.37. The number of aromatic nitrogens is 1. The number of aromatic amines is 1. The summed E-state index contributed by atoms with van der Waals surface area (Å²) in [7, 11) is 1.71. The molecule has 29 heavy (non-hydrogen) atoms. The molecule has 2 fully saturated rings. The predicted molar refractivity (Wildman–Crippen MR) is 113 cm³/mol. The van der Waals surface area contributed by atoms with Crippen molar-refractivity contribution in [3.8, 4) is 5.75 Å². The minimum Gasteiger partial charge on any atom is -0.495 e. The van der Waals surface area contributed by atoms with Crippen LogP contribution in [-0.4, -0.2) is 73.1 Å². The van der Waals surface area contributed by atoms with Crippen LogP contribution in [0.4, 0.5) is 5.69 Å². The topological polar surface area (TPSA) is 68.9 Å². The maximum absolute atomic E-state index is 12.8. The SMILES string of the molecule is COc1ccccc1N1CCN(C2CCCN(C(=O)c3ccc(=O)[nH]c3)C2)CC1. The number of carbonyl (C=O) groups is 1. The van der Waals surface area contributed by atoms with Crippen molar-refractivity contribution in [3.63, 3.8) is 0 Å². The van der Waals surface area contributed by atoms with Crippen molar-refractivity contribution < 1.29 is 9.53 Å². The number of nitrogens with zero attached hydrogens (tertiary/aromatic N) is 3. The van der Waals surface area contributed by atoms with Gasteiger partial charge in [-0.3, -0.25) is 14.5 Å². The summed E-state index contributed by atoms with van der Waals surface area (Å²) < 4.78 is 5.51. The number of hydrogen-bond donors (Lipinski definition) is 1. The van der Waals surface area contributed by atoms with Crippen molar-refractivity contribution in [1.29, 1.82) is 0 Å². The quantitative estimate of drug-likeness (QED) is 0.854. The molecule has 0 radical (unpaired) electrons. The highest BCUT2D eigenvalue weighted by atomic mass is 16.5. The van der Waals surface area contributed by atoms with E-state index in [9.17, 15) is 9.59 Å². The number of piperazine rings is 1. The summed E-state index contributed by atoms with van der Waals surface area (Å²) in [6, 6.07) is 11.6. The fourth-order valence-electron chi connectivity index (χ4n) is 4.38. The molecule has 2 aliphatic heterocycles. The molecule has 0 saturated carbocycles. The molecule has 2 saturated heterocycles. The number of piperidine rings is 1. The van der Waals surface area contributed by atoms with Gasteiger partial charge >= 0.3 is 0 Å². The van der Waals surface area contributed by atoms with Crippen molar-refractivity contribution in [1.82, 2.24) is 14.8 Å². The van der Waals surface area contributed by atoms with E-state index in [2.05, 4.69) is 20.9 Å². The number of methoxy groups -OCH3 is 1. The standard InChI is InChI=1S/C22H28N4O3/c1-29-20-7-3-2-6-19(20)25-13-11-24(12-14-25)18-5-4-10-26(16-18)22(28)17-8-9-21(27)23-15-17/h2-3,6-9,15,18H,4-5,10-14,16H2,1H3,(H,23,27). The Morgan fingerprint density at radius 2 is 1.86 bits per heavy atom. The molecule has 0 aliphatic carbocycles. The van der Waals surface area contributed by atoms with Gasteiger partial charge in [0.2, 0.25) is 5.56 Å². The Labute approximate surface area is 170 Å². The molecule has 2 aromatic rings. The molecule has 7 nitrogen and oxygen atoms in total. The van der Waals surface area contributed by atoms with Crippen LogP contribution in [0.5, 0.6) is 5.75 Å². The number of amides is 1. The number of H-pyrrole nitrogens is 1. The van der Waals surface area contributed by atoms with E-state index in [4.69, 9.17) is 4.74 Å². The Morgan fingerprint density at radius 3 is 2.59 bits per heavy atom. The van der Waals surface area contributed by atoms with E-state index in [-0.39, 0.29) is 11.5 Å². The predicted octanol–water partition coefficient (Wildman–Crippen LogP) is 1.81.